The van der Waals surface area contributed by atoms with Crippen LogP contribution in [-0.2, 0) is 10.0 Å². The lowest BCUT2D eigenvalue weighted by Gasteiger charge is -2.11. The summed E-state index contributed by atoms with van der Waals surface area (Å²) in [6.07, 6.45) is 0. The first-order valence-electron chi connectivity index (χ1n) is 6.81. The second kappa shape index (κ2) is 8.01. The molecule has 0 radical (unpaired) electrons. The van der Waals surface area contributed by atoms with Gasteiger partial charge in [-0.1, -0.05) is 23.2 Å². The summed E-state index contributed by atoms with van der Waals surface area (Å²) in [6, 6.07) is 7.05. The summed E-state index contributed by atoms with van der Waals surface area (Å²) in [5.74, 6) is -2.15. The van der Waals surface area contributed by atoms with Crippen molar-refractivity contribution in [2.45, 2.75) is 4.90 Å². The third-order valence-corrected chi connectivity index (χ3v) is 5.04. The van der Waals surface area contributed by atoms with E-state index in [9.17, 15) is 17.6 Å². The summed E-state index contributed by atoms with van der Waals surface area (Å²) in [4.78, 5) is 10.1. The van der Waals surface area contributed by atoms with Crippen molar-refractivity contribution < 1.29 is 27.4 Å². The molecule has 0 amide bonds. The molecule has 134 valence electrons. The molecule has 0 atom stereocenters. The van der Waals surface area contributed by atoms with E-state index in [0.717, 1.165) is 18.2 Å². The van der Waals surface area contributed by atoms with E-state index in [1.54, 1.807) is 6.07 Å². The molecule has 0 bridgehead atoms. The molecule has 0 aromatic heterocycles. The molecule has 6 nitrogen and oxygen atoms in total. The normalized spacial score (nSPS) is 11.3. The van der Waals surface area contributed by atoms with Gasteiger partial charge in [0.05, 0.1) is 10.6 Å². The third-order valence-electron chi connectivity index (χ3n) is 3.01. The maximum absolute atomic E-state index is 13.7. The molecular weight excluding hydrogens is 396 g/mol. The van der Waals surface area contributed by atoms with Crippen LogP contribution in [0.3, 0.4) is 0 Å². The van der Waals surface area contributed by atoms with E-state index >= 15 is 0 Å². The van der Waals surface area contributed by atoms with E-state index in [4.69, 9.17) is 33.0 Å². The molecule has 0 saturated heterocycles. The zero-order valence-electron chi connectivity index (χ0n) is 12.5. The van der Waals surface area contributed by atoms with Crippen molar-refractivity contribution in [1.82, 2.24) is 4.72 Å². The molecule has 10 heteroatoms. The molecule has 0 aliphatic carbocycles. The summed E-state index contributed by atoms with van der Waals surface area (Å²) >= 11 is 11.7. The Kier molecular flexibility index (Phi) is 6.23. The molecule has 0 unspecified atom stereocenters. The van der Waals surface area contributed by atoms with Crippen molar-refractivity contribution in [3.05, 3.63) is 57.8 Å². The Morgan fingerprint density at radius 1 is 1.20 bits per heavy atom. The van der Waals surface area contributed by atoms with Gasteiger partial charge in [-0.25, -0.2) is 22.3 Å². The Morgan fingerprint density at radius 3 is 2.60 bits per heavy atom. The van der Waals surface area contributed by atoms with E-state index in [1.165, 1.54) is 12.1 Å². The van der Waals surface area contributed by atoms with Crippen LogP contribution in [0, 0.1) is 5.82 Å². The number of sulfonamides is 1. The number of carboxylic acids is 1. The van der Waals surface area contributed by atoms with Crippen LogP contribution in [0.5, 0.6) is 5.75 Å². The van der Waals surface area contributed by atoms with Gasteiger partial charge in [0.1, 0.15) is 23.1 Å². The van der Waals surface area contributed by atoms with Gasteiger partial charge in [0.2, 0.25) is 10.0 Å². The van der Waals surface area contributed by atoms with Crippen LogP contribution >= 0.6 is 23.2 Å². The Labute approximate surface area is 153 Å². The minimum absolute atomic E-state index is 0.0977. The number of carbonyl (C=O) groups is 1. The Morgan fingerprint density at radius 2 is 1.92 bits per heavy atom. The fourth-order valence-electron chi connectivity index (χ4n) is 1.84. The predicted molar refractivity (Wildman–Crippen MR) is 90.5 cm³/mol. The molecule has 0 saturated carbocycles. The van der Waals surface area contributed by atoms with Gasteiger partial charge in [-0.15, -0.1) is 0 Å². The summed E-state index contributed by atoms with van der Waals surface area (Å²) in [5, 5.41) is 9.57. The molecule has 2 aromatic rings. The standard InChI is InChI=1S/C15H12Cl2FNO5S/c16-10-2-3-11(17)13(8-10)24-6-5-19-25(22,23)14-7-9(15(20)21)1-4-12(14)18/h1-4,7-8,19H,5-6H2,(H,20,21). The van der Waals surface area contributed by atoms with Crippen molar-refractivity contribution in [1.29, 1.82) is 0 Å². The van der Waals surface area contributed by atoms with E-state index in [-0.39, 0.29) is 24.5 Å². The number of hydrogen-bond donors (Lipinski definition) is 2. The lowest BCUT2D eigenvalue weighted by molar-refractivity contribution is 0.0696. The number of nitrogens with one attached hydrogen (secondary N) is 1. The highest BCUT2D eigenvalue weighted by atomic mass is 35.5. The maximum atomic E-state index is 13.7. The van der Waals surface area contributed by atoms with Crippen LogP contribution in [0.4, 0.5) is 4.39 Å². The fraction of sp³-hybridized carbons (Fsp3) is 0.133. The predicted octanol–water partition coefficient (Wildman–Crippen LogP) is 3.19. The van der Waals surface area contributed by atoms with Crippen LogP contribution in [0.1, 0.15) is 10.4 Å². The van der Waals surface area contributed by atoms with E-state index in [0.29, 0.717) is 10.0 Å². The smallest absolute Gasteiger partial charge is 0.335 e. The van der Waals surface area contributed by atoms with Gasteiger partial charge in [0.15, 0.2) is 0 Å². The molecule has 2 N–H and O–H groups in total. The topological polar surface area (TPSA) is 92.7 Å². The Balaban J connectivity index is 2.04. The first-order valence-corrected chi connectivity index (χ1v) is 9.05. The van der Waals surface area contributed by atoms with Crippen molar-refractivity contribution >= 4 is 39.2 Å². The highest BCUT2D eigenvalue weighted by Crippen LogP contribution is 2.27. The monoisotopic (exact) mass is 407 g/mol. The van der Waals surface area contributed by atoms with Crippen LogP contribution < -0.4 is 9.46 Å². The molecule has 2 aromatic carbocycles. The largest absolute Gasteiger partial charge is 0.491 e. The Hall–Kier alpha value is -1.87. The van der Waals surface area contributed by atoms with E-state index in [1.807, 2.05) is 0 Å². The fourth-order valence-corrected chi connectivity index (χ4v) is 3.29. The average molecular weight is 408 g/mol. The number of hydrogen-bond acceptors (Lipinski definition) is 4. The van der Waals surface area contributed by atoms with Gasteiger partial charge in [0, 0.05) is 17.6 Å². The van der Waals surface area contributed by atoms with Gasteiger partial charge in [-0.2, -0.15) is 0 Å². The van der Waals surface area contributed by atoms with Crippen molar-refractivity contribution in [2.24, 2.45) is 0 Å². The number of halogens is 3. The zero-order valence-corrected chi connectivity index (χ0v) is 14.8. The molecule has 0 aliphatic rings. The molecule has 2 rings (SSSR count). The average Bonchev–Trinajstić information content (AvgIpc) is 2.54. The second-order valence-electron chi connectivity index (χ2n) is 4.77. The number of aromatic carboxylic acids is 1. The van der Waals surface area contributed by atoms with Gasteiger partial charge in [-0.3, -0.25) is 0 Å². The highest BCUT2D eigenvalue weighted by molar-refractivity contribution is 7.89. The number of rotatable bonds is 7. The SMILES string of the molecule is O=C(O)c1ccc(F)c(S(=O)(=O)NCCOc2cc(Cl)ccc2Cl)c1. The third kappa shape index (κ3) is 5.05. The van der Waals surface area contributed by atoms with Crippen molar-refractivity contribution in [3.8, 4) is 5.75 Å². The Bertz CT molecular complexity index is 905. The van der Waals surface area contributed by atoms with Crippen LogP contribution in [0.15, 0.2) is 41.3 Å². The van der Waals surface area contributed by atoms with Gasteiger partial charge in [-0.05, 0) is 30.3 Å². The molecule has 0 fully saturated rings. The lowest BCUT2D eigenvalue weighted by atomic mass is 10.2. The van der Waals surface area contributed by atoms with Gasteiger partial charge >= 0.3 is 5.97 Å². The van der Waals surface area contributed by atoms with E-state index in [2.05, 4.69) is 4.72 Å². The molecule has 0 heterocycles. The highest BCUT2D eigenvalue weighted by Gasteiger charge is 2.20. The van der Waals surface area contributed by atoms with Crippen molar-refractivity contribution in [3.63, 3.8) is 0 Å². The van der Waals surface area contributed by atoms with Crippen molar-refractivity contribution in [2.75, 3.05) is 13.2 Å². The molecule has 0 aliphatic heterocycles. The summed E-state index contributed by atoms with van der Waals surface area (Å²) in [7, 11) is -4.25. The van der Waals surface area contributed by atoms with Gasteiger partial charge in [0.25, 0.3) is 0 Å². The quantitative estimate of drug-likeness (QED) is 0.687. The minimum atomic E-state index is -4.25. The van der Waals surface area contributed by atoms with E-state index < -0.39 is 26.7 Å². The maximum Gasteiger partial charge on any atom is 0.335 e. The number of ether oxygens (including phenoxy) is 1. The van der Waals surface area contributed by atoms with Crippen LogP contribution in [0.2, 0.25) is 10.0 Å². The molecular formula is C15H12Cl2FNO5S. The summed E-state index contributed by atoms with van der Waals surface area (Å²) < 4.78 is 45.4. The summed E-state index contributed by atoms with van der Waals surface area (Å²) in [6.45, 7) is -0.290. The summed E-state index contributed by atoms with van der Waals surface area (Å²) in [5.41, 5.74) is -0.344. The molecule has 0 spiro atoms. The first-order chi connectivity index (χ1) is 11.7. The lowest BCUT2D eigenvalue weighted by Crippen LogP contribution is -2.29. The minimum Gasteiger partial charge on any atom is -0.491 e. The van der Waals surface area contributed by atoms with Crippen LogP contribution in [0.25, 0.3) is 0 Å². The second-order valence-corrected chi connectivity index (χ2v) is 7.35. The zero-order chi connectivity index (χ0) is 18.6. The number of carboxylic acid groups (broad SMARTS) is 1. The van der Waals surface area contributed by atoms with Crippen LogP contribution in [-0.4, -0.2) is 32.6 Å². The number of benzene rings is 2. The molecule has 25 heavy (non-hydrogen) atoms. The first kappa shape index (κ1) is 19.5. The van der Waals surface area contributed by atoms with Gasteiger partial charge < -0.3 is 9.84 Å².